The zero-order valence-corrected chi connectivity index (χ0v) is 21.2. The van der Waals surface area contributed by atoms with Crippen molar-refractivity contribution in [1.82, 2.24) is 4.90 Å². The minimum atomic E-state index is -4.51. The fraction of sp³-hybridized carbons (Fsp3) is 0.444. The molecule has 11 heteroatoms. The van der Waals surface area contributed by atoms with Crippen molar-refractivity contribution in [2.75, 3.05) is 49.3 Å². The smallest absolute Gasteiger partial charge is 0.416 e. The first-order valence-electron chi connectivity index (χ1n) is 12.6. The van der Waals surface area contributed by atoms with Gasteiger partial charge in [-0.2, -0.15) is 23.3 Å². The van der Waals surface area contributed by atoms with Crippen molar-refractivity contribution in [2.45, 2.75) is 32.5 Å². The highest BCUT2D eigenvalue weighted by Gasteiger charge is 2.60. The van der Waals surface area contributed by atoms with Crippen molar-refractivity contribution >= 4 is 29.0 Å². The highest BCUT2D eigenvalue weighted by atomic mass is 19.4. The largest absolute Gasteiger partial charge is 0.462 e. The van der Waals surface area contributed by atoms with Crippen LogP contribution in [0.4, 0.5) is 24.5 Å². The van der Waals surface area contributed by atoms with Gasteiger partial charge in [0.25, 0.3) is 5.91 Å². The van der Waals surface area contributed by atoms with Crippen molar-refractivity contribution in [3.8, 4) is 0 Å². The van der Waals surface area contributed by atoms with Gasteiger partial charge in [0, 0.05) is 31.9 Å². The van der Waals surface area contributed by atoms with E-state index in [4.69, 9.17) is 4.74 Å². The lowest BCUT2D eigenvalue weighted by atomic mass is 9.67. The summed E-state index contributed by atoms with van der Waals surface area (Å²) in [6.45, 7) is 5.65. The lowest BCUT2D eigenvalue weighted by Gasteiger charge is -2.53. The van der Waals surface area contributed by atoms with Crippen LogP contribution in [-0.4, -0.2) is 73.0 Å². The highest BCUT2D eigenvalue weighted by Crippen LogP contribution is 2.49. The number of carbonyl (C=O) groups excluding carboxylic acids is 2. The Balaban J connectivity index is 1.55. The van der Waals surface area contributed by atoms with E-state index in [0.29, 0.717) is 54.4 Å². The summed E-state index contributed by atoms with van der Waals surface area (Å²) in [4.78, 5) is 30.4. The number of benzene rings is 2. The van der Waals surface area contributed by atoms with Gasteiger partial charge in [0.15, 0.2) is 0 Å². The van der Waals surface area contributed by atoms with Gasteiger partial charge in [-0.25, -0.2) is 4.79 Å². The van der Waals surface area contributed by atoms with Crippen LogP contribution in [0.2, 0.25) is 0 Å². The Hall–Kier alpha value is -3.44. The van der Waals surface area contributed by atoms with E-state index in [1.165, 1.54) is 11.1 Å². The molecule has 38 heavy (non-hydrogen) atoms. The number of β-amino-alcohol motifs (C(OH)–C–C–N with tert-alkyl or cyclic N) is 1. The predicted octanol–water partition coefficient (Wildman–Crippen LogP) is 3.33. The predicted molar refractivity (Wildman–Crippen MR) is 135 cm³/mol. The molecule has 1 saturated heterocycles. The van der Waals surface area contributed by atoms with Gasteiger partial charge in [-0.1, -0.05) is 0 Å². The van der Waals surface area contributed by atoms with Crippen LogP contribution in [-0.2, 0) is 22.1 Å². The second-order valence-corrected chi connectivity index (χ2v) is 9.79. The van der Waals surface area contributed by atoms with Crippen LogP contribution in [0, 0.1) is 5.41 Å². The Kier molecular flexibility index (Phi) is 6.68. The van der Waals surface area contributed by atoms with Crippen molar-refractivity contribution in [3.05, 3.63) is 59.2 Å². The van der Waals surface area contributed by atoms with Gasteiger partial charge in [-0.3, -0.25) is 9.69 Å². The third-order valence-electron chi connectivity index (χ3n) is 7.73. The molecule has 1 amide bonds. The molecule has 0 unspecified atom stereocenters. The number of ether oxygens (including phenoxy) is 1. The molecular formula is C27H29F3N4O4. The average molecular weight is 531 g/mol. The number of amides is 1. The van der Waals surface area contributed by atoms with Gasteiger partial charge in [-0.05, 0) is 68.3 Å². The molecule has 2 aromatic rings. The SMILES string of the molecule is CCOC(=O)c1ccc(N2N=C(C)[C@@]3(Cc4cc(C(F)(F)F)ccc4N4CCN(CCO)C[C@H]43)C2=O)cc1. The summed E-state index contributed by atoms with van der Waals surface area (Å²) in [5.74, 6) is -0.808. The Morgan fingerprint density at radius 3 is 2.58 bits per heavy atom. The van der Waals surface area contributed by atoms with Crippen LogP contribution in [0.1, 0.15) is 35.3 Å². The van der Waals surface area contributed by atoms with Gasteiger partial charge in [0.2, 0.25) is 0 Å². The first-order chi connectivity index (χ1) is 18.1. The van der Waals surface area contributed by atoms with E-state index in [1.54, 1.807) is 38.1 Å². The van der Waals surface area contributed by atoms with Crippen LogP contribution >= 0.6 is 0 Å². The topological polar surface area (TPSA) is 85.7 Å². The van der Waals surface area contributed by atoms with Gasteiger partial charge in [0.05, 0.1) is 41.8 Å². The minimum Gasteiger partial charge on any atom is -0.462 e. The fourth-order valence-electron chi connectivity index (χ4n) is 5.84. The number of aliphatic hydroxyl groups excluding tert-OH is 1. The summed E-state index contributed by atoms with van der Waals surface area (Å²) in [5, 5.41) is 15.4. The van der Waals surface area contributed by atoms with Crippen LogP contribution < -0.4 is 9.91 Å². The Morgan fingerprint density at radius 1 is 1.18 bits per heavy atom. The molecule has 3 aliphatic heterocycles. The molecule has 202 valence electrons. The molecule has 1 spiro atoms. The van der Waals surface area contributed by atoms with Gasteiger partial charge in [-0.15, -0.1) is 0 Å². The number of hydrogen-bond donors (Lipinski definition) is 1. The van der Waals surface area contributed by atoms with Crippen LogP contribution in [0.5, 0.6) is 0 Å². The number of aliphatic hydroxyl groups is 1. The van der Waals surface area contributed by atoms with E-state index in [0.717, 1.165) is 12.1 Å². The third-order valence-corrected chi connectivity index (χ3v) is 7.73. The van der Waals surface area contributed by atoms with Gasteiger partial charge < -0.3 is 14.7 Å². The van der Waals surface area contributed by atoms with E-state index in [1.807, 2.05) is 4.90 Å². The van der Waals surface area contributed by atoms with Crippen molar-refractivity contribution in [3.63, 3.8) is 0 Å². The number of halogens is 3. The Morgan fingerprint density at radius 2 is 1.92 bits per heavy atom. The normalized spacial score (nSPS) is 23.4. The molecule has 0 aromatic heterocycles. The number of hydrazone groups is 1. The summed E-state index contributed by atoms with van der Waals surface area (Å²) < 4.78 is 45.8. The summed E-state index contributed by atoms with van der Waals surface area (Å²) in [7, 11) is 0. The molecule has 3 heterocycles. The van der Waals surface area contributed by atoms with Crippen LogP contribution in [0.15, 0.2) is 47.6 Å². The van der Waals surface area contributed by atoms with Crippen LogP contribution in [0.3, 0.4) is 0 Å². The number of piperazine rings is 1. The summed E-state index contributed by atoms with van der Waals surface area (Å²) in [6.07, 6.45) is -4.43. The van der Waals surface area contributed by atoms with E-state index in [9.17, 15) is 27.9 Å². The number of hydrogen-bond acceptors (Lipinski definition) is 7. The number of rotatable bonds is 5. The molecule has 1 N–H and O–H groups in total. The monoisotopic (exact) mass is 530 g/mol. The maximum Gasteiger partial charge on any atom is 0.416 e. The molecule has 0 bridgehead atoms. The number of esters is 1. The second-order valence-electron chi connectivity index (χ2n) is 9.79. The number of nitrogens with zero attached hydrogens (tertiary/aromatic N) is 4. The van der Waals surface area contributed by atoms with Crippen LogP contribution in [0.25, 0.3) is 0 Å². The highest BCUT2D eigenvalue weighted by molar-refractivity contribution is 6.20. The average Bonchev–Trinajstić information content (AvgIpc) is 3.14. The number of anilines is 2. The number of carbonyl (C=O) groups is 2. The second kappa shape index (κ2) is 9.70. The molecule has 2 aromatic carbocycles. The Labute approximate surface area is 218 Å². The zero-order chi connectivity index (χ0) is 27.2. The van der Waals surface area contributed by atoms with Crippen molar-refractivity contribution < 1.29 is 32.6 Å². The summed E-state index contributed by atoms with van der Waals surface area (Å²) in [5.41, 5.74) is 0.497. The van der Waals surface area contributed by atoms with E-state index < -0.39 is 23.1 Å². The fourth-order valence-corrected chi connectivity index (χ4v) is 5.84. The quantitative estimate of drug-likeness (QED) is 0.597. The first-order valence-corrected chi connectivity index (χ1v) is 12.6. The number of alkyl halides is 3. The van der Waals surface area contributed by atoms with E-state index in [2.05, 4.69) is 10.0 Å². The lowest BCUT2D eigenvalue weighted by molar-refractivity contribution is -0.137. The minimum absolute atomic E-state index is 0.0365. The summed E-state index contributed by atoms with van der Waals surface area (Å²) >= 11 is 0. The Bertz CT molecular complexity index is 1280. The molecule has 5 rings (SSSR count). The van der Waals surface area contributed by atoms with Gasteiger partial charge in [0.1, 0.15) is 5.41 Å². The van der Waals surface area contributed by atoms with Gasteiger partial charge >= 0.3 is 12.1 Å². The lowest BCUT2D eigenvalue weighted by Crippen LogP contribution is -2.67. The molecule has 0 saturated carbocycles. The van der Waals surface area contributed by atoms with Crippen molar-refractivity contribution in [1.29, 1.82) is 0 Å². The van der Waals surface area contributed by atoms with E-state index >= 15 is 0 Å². The standard InChI is InChI=1S/C27H29F3N4O4/c1-3-38-24(36)18-4-7-21(8-5-18)34-25(37)26(17(2)31-34)15-19-14-20(27(28,29)30)6-9-22(19)33-11-10-32(12-13-35)16-23(26)33/h4-9,14,23,35H,3,10-13,15-16H2,1-2H3/t23-,26+/m0/s1. The number of fused-ring (bicyclic) bond motifs is 4. The first kappa shape index (κ1) is 26.2. The van der Waals surface area contributed by atoms with E-state index in [-0.39, 0.29) is 31.6 Å². The third kappa shape index (κ3) is 4.23. The molecule has 0 aliphatic carbocycles. The summed E-state index contributed by atoms with van der Waals surface area (Å²) in [6, 6.07) is 9.66. The maximum absolute atomic E-state index is 14.2. The maximum atomic E-state index is 14.2. The molecule has 0 radical (unpaired) electrons. The molecular weight excluding hydrogens is 501 g/mol. The zero-order valence-electron chi connectivity index (χ0n) is 21.2. The molecule has 2 atom stereocenters. The molecule has 3 aliphatic rings. The van der Waals surface area contributed by atoms with Crippen molar-refractivity contribution in [2.24, 2.45) is 10.5 Å². The molecule has 8 nitrogen and oxygen atoms in total. The molecule has 1 fully saturated rings.